The molecule has 13 nitrogen and oxygen atoms in total. The Kier molecular flexibility index (Phi) is 12.1. The van der Waals surface area contributed by atoms with Crippen LogP contribution in [0.4, 0.5) is 11.4 Å². The molecule has 0 atom stereocenters. The average Bonchev–Trinajstić information content (AvgIpc) is 2.96. The number of rotatable bonds is 10. The van der Waals surface area contributed by atoms with Gasteiger partial charge >= 0.3 is 21.2 Å². The molecule has 0 radical (unpaired) electrons. The predicted octanol–water partition coefficient (Wildman–Crippen LogP) is 2.93. The van der Waals surface area contributed by atoms with Gasteiger partial charge in [0.05, 0.1) is 6.54 Å². The molecule has 0 fully saturated rings. The fraction of sp³-hybridized carbons (Fsp3) is 0.406. The predicted molar refractivity (Wildman–Crippen MR) is 183 cm³/mol. The number of hydrogen-bond donors (Lipinski definition) is 6. The first-order chi connectivity index (χ1) is 22.0. The summed E-state index contributed by atoms with van der Waals surface area (Å²) in [6.07, 6.45) is 0. The molecule has 2 bridgehead atoms. The van der Waals surface area contributed by atoms with Crippen molar-refractivity contribution >= 4 is 32.5 Å². The van der Waals surface area contributed by atoms with Crippen LogP contribution in [-0.4, -0.2) is 107 Å². The van der Waals surface area contributed by atoms with E-state index >= 15 is 0 Å². The van der Waals surface area contributed by atoms with Crippen LogP contribution in [0.3, 0.4) is 0 Å². The number of carboxylic acids is 1. The standard InChI is InChI=1S/C32H45N5O8P2/c1-34(2)28-9-5-25(6-10-28)31(26-7-11-29(12-8-26)35(3)4)27-18-23-17-24(19-27)21-37(32(46(40,41)42)47(43,44)45)16-15-36(22-30(38)39)14-13-33-20-23/h5-12,17-19,31-33H,13-16,20-22H2,1-4H3,(H,38,39)(H2,40,41,42)(H2,43,44,45). The van der Waals surface area contributed by atoms with Gasteiger partial charge in [-0.05, 0) is 52.1 Å². The van der Waals surface area contributed by atoms with Crippen LogP contribution in [0.1, 0.15) is 33.7 Å². The van der Waals surface area contributed by atoms with Crippen LogP contribution in [-0.2, 0) is 27.0 Å². The topological polar surface area (TPSA) is 177 Å². The lowest BCUT2D eigenvalue weighted by Crippen LogP contribution is -2.44. The fourth-order valence-electron chi connectivity index (χ4n) is 5.99. The van der Waals surface area contributed by atoms with Gasteiger partial charge in [0.2, 0.25) is 5.52 Å². The maximum absolute atomic E-state index is 12.6. The fourth-order valence-corrected chi connectivity index (χ4v) is 8.80. The van der Waals surface area contributed by atoms with Gasteiger partial charge in [-0.1, -0.05) is 42.5 Å². The number of nitrogens with one attached hydrogen (secondary N) is 1. The summed E-state index contributed by atoms with van der Waals surface area (Å²) in [6.45, 7) is 0.479. The molecule has 256 valence electrons. The molecular weight excluding hydrogens is 644 g/mol. The summed E-state index contributed by atoms with van der Waals surface area (Å²) in [6, 6.07) is 22.3. The number of benzene rings is 3. The Morgan fingerprint density at radius 2 is 1.28 bits per heavy atom. The summed E-state index contributed by atoms with van der Waals surface area (Å²) in [5, 5.41) is 12.8. The van der Waals surface area contributed by atoms with Gasteiger partial charge in [-0.25, -0.2) is 0 Å². The molecule has 0 amide bonds. The van der Waals surface area contributed by atoms with Gasteiger partial charge in [0, 0.05) is 84.8 Å². The van der Waals surface area contributed by atoms with E-state index in [4.69, 9.17) is 0 Å². The van der Waals surface area contributed by atoms with Gasteiger partial charge in [-0.15, -0.1) is 0 Å². The molecule has 0 spiro atoms. The second-order valence-corrected chi connectivity index (χ2v) is 16.1. The molecule has 0 aliphatic carbocycles. The van der Waals surface area contributed by atoms with Crippen molar-refractivity contribution in [2.24, 2.45) is 0 Å². The van der Waals surface area contributed by atoms with Crippen molar-refractivity contribution in [2.45, 2.75) is 24.5 Å². The largest absolute Gasteiger partial charge is 0.480 e. The van der Waals surface area contributed by atoms with Gasteiger partial charge in [-0.2, -0.15) is 0 Å². The number of fused-ring (bicyclic) bond motifs is 2. The van der Waals surface area contributed by atoms with Crippen molar-refractivity contribution in [3.05, 3.63) is 94.5 Å². The number of carbonyl (C=O) groups is 1. The molecule has 6 N–H and O–H groups in total. The highest BCUT2D eigenvalue weighted by atomic mass is 31.2. The number of hydrogen-bond acceptors (Lipinski definition) is 8. The number of nitrogens with zero attached hydrogens (tertiary/aromatic N) is 4. The first-order valence-electron chi connectivity index (χ1n) is 15.2. The summed E-state index contributed by atoms with van der Waals surface area (Å²) in [4.78, 5) is 58.9. The van der Waals surface area contributed by atoms with Crippen molar-refractivity contribution in [1.29, 1.82) is 0 Å². The van der Waals surface area contributed by atoms with Gasteiger partial charge < -0.3 is 39.8 Å². The Hall–Kier alpha value is -3.09. The number of anilines is 2. The maximum Gasteiger partial charge on any atom is 0.354 e. The molecule has 1 aliphatic heterocycles. The molecule has 47 heavy (non-hydrogen) atoms. The van der Waals surface area contributed by atoms with Gasteiger partial charge in [-0.3, -0.25) is 23.7 Å². The minimum atomic E-state index is -5.34. The highest BCUT2D eigenvalue weighted by molar-refractivity contribution is 7.70. The summed E-state index contributed by atoms with van der Waals surface area (Å²) >= 11 is 0. The Bertz CT molecular complexity index is 1540. The highest BCUT2D eigenvalue weighted by Crippen LogP contribution is 2.61. The molecule has 15 heteroatoms. The Balaban J connectivity index is 1.86. The zero-order valence-corrected chi connectivity index (χ0v) is 28.9. The van der Waals surface area contributed by atoms with Crippen LogP contribution in [0.25, 0.3) is 0 Å². The van der Waals surface area contributed by atoms with E-state index in [9.17, 15) is 38.6 Å². The summed E-state index contributed by atoms with van der Waals surface area (Å²) in [7, 11) is -2.79. The SMILES string of the molecule is CN(C)c1ccc(C(c2ccc(N(C)C)cc2)c2cc3cc(c2)CN(C(P(=O)(O)O)P(=O)(O)O)CCN(CC(=O)O)CCNC3)cc1. The summed E-state index contributed by atoms with van der Waals surface area (Å²) in [5.74, 6) is -1.31. The average molecular weight is 690 g/mol. The molecule has 4 rings (SSSR count). The highest BCUT2D eigenvalue weighted by Gasteiger charge is 2.47. The van der Waals surface area contributed by atoms with Crippen LogP contribution in [0, 0.1) is 0 Å². The second kappa shape index (κ2) is 15.4. The van der Waals surface area contributed by atoms with Crippen LogP contribution in [0.15, 0.2) is 66.7 Å². The quantitative estimate of drug-likeness (QED) is 0.135. The summed E-state index contributed by atoms with van der Waals surface area (Å²) in [5.41, 5.74) is 4.12. The zero-order valence-electron chi connectivity index (χ0n) is 27.1. The van der Waals surface area contributed by atoms with E-state index in [1.54, 1.807) is 4.90 Å². The van der Waals surface area contributed by atoms with E-state index in [1.165, 1.54) is 0 Å². The van der Waals surface area contributed by atoms with Crippen LogP contribution < -0.4 is 15.1 Å². The zero-order chi connectivity index (χ0) is 34.5. The molecule has 0 aromatic heterocycles. The molecular formula is C32H45N5O8P2. The molecule has 3 aromatic rings. The lowest BCUT2D eigenvalue weighted by molar-refractivity contribution is -0.138. The van der Waals surface area contributed by atoms with E-state index in [0.717, 1.165) is 38.5 Å². The van der Waals surface area contributed by atoms with Crippen LogP contribution in [0.5, 0.6) is 0 Å². The molecule has 3 aromatic carbocycles. The lowest BCUT2D eigenvalue weighted by atomic mass is 9.83. The van der Waals surface area contributed by atoms with E-state index in [2.05, 4.69) is 35.6 Å². The first-order valence-corrected chi connectivity index (χ1v) is 18.6. The second-order valence-electron chi connectivity index (χ2n) is 12.3. The van der Waals surface area contributed by atoms with Crippen molar-refractivity contribution in [1.82, 2.24) is 15.1 Å². The Morgan fingerprint density at radius 1 is 0.766 bits per heavy atom. The summed E-state index contributed by atoms with van der Waals surface area (Å²) < 4.78 is 25.1. The molecule has 1 aliphatic rings. The lowest BCUT2D eigenvalue weighted by Gasteiger charge is -2.34. The van der Waals surface area contributed by atoms with Crippen molar-refractivity contribution in [3.8, 4) is 0 Å². The van der Waals surface area contributed by atoms with Gasteiger partial charge in [0.25, 0.3) is 0 Å². The molecule has 0 saturated heterocycles. The number of aliphatic carboxylic acids is 1. The van der Waals surface area contributed by atoms with Crippen molar-refractivity contribution in [3.63, 3.8) is 0 Å². The Morgan fingerprint density at radius 3 is 1.74 bits per heavy atom. The number of carboxylic acid groups (broad SMARTS) is 1. The van der Waals surface area contributed by atoms with E-state index < -0.39 is 26.7 Å². The van der Waals surface area contributed by atoms with Gasteiger partial charge in [0.1, 0.15) is 0 Å². The van der Waals surface area contributed by atoms with Crippen LogP contribution in [0.2, 0.25) is 0 Å². The molecule has 0 saturated carbocycles. The van der Waals surface area contributed by atoms with Crippen molar-refractivity contribution < 1.29 is 38.6 Å². The van der Waals surface area contributed by atoms with E-state index in [1.807, 2.05) is 74.4 Å². The van der Waals surface area contributed by atoms with E-state index in [-0.39, 0.29) is 32.1 Å². The smallest absolute Gasteiger partial charge is 0.354 e. The maximum atomic E-state index is 12.6. The minimum absolute atomic E-state index is 0.0239. The third-order valence-corrected chi connectivity index (χ3v) is 11.9. The Labute approximate surface area is 275 Å². The van der Waals surface area contributed by atoms with Crippen molar-refractivity contribution in [2.75, 3.05) is 70.7 Å². The normalized spacial score (nSPS) is 15.7. The van der Waals surface area contributed by atoms with Gasteiger partial charge in [0.15, 0.2) is 0 Å². The van der Waals surface area contributed by atoms with E-state index in [0.29, 0.717) is 25.2 Å². The third-order valence-electron chi connectivity index (χ3n) is 8.20. The third kappa shape index (κ3) is 9.96. The first kappa shape index (κ1) is 36.7. The minimum Gasteiger partial charge on any atom is -0.480 e. The monoisotopic (exact) mass is 689 g/mol. The van der Waals surface area contributed by atoms with Crippen LogP contribution >= 0.6 is 15.2 Å². The molecule has 1 heterocycles. The molecule has 0 unspecified atom stereocenters.